The van der Waals surface area contributed by atoms with Crippen molar-refractivity contribution in [2.24, 2.45) is 28.6 Å². The molecular weight excluding hydrogens is 298 g/mol. The molecule has 1 aromatic heterocycles. The van der Waals surface area contributed by atoms with Gasteiger partial charge in [-0.15, -0.1) is 5.10 Å². The van der Waals surface area contributed by atoms with Crippen molar-refractivity contribution in [3.05, 3.63) is 12.3 Å². The molecule has 3 unspecified atom stereocenters. The SMILES string of the molecule is CNC1CN(c2cnnc(NC3C[C@H]4CC45[C@@H](C3C)C5(C)C)c2)C1. The maximum absolute atomic E-state index is 4.36. The fraction of sp³-hybridized carbons (Fsp3) is 0.789. The number of nitrogens with zero attached hydrogens (tertiary/aromatic N) is 3. The van der Waals surface area contributed by atoms with Crippen LogP contribution in [0.3, 0.4) is 0 Å². The Morgan fingerprint density at radius 3 is 2.83 bits per heavy atom. The number of likely N-dealkylation sites (N-methyl/N-ethyl adjacent to an activating group) is 1. The van der Waals surface area contributed by atoms with Gasteiger partial charge < -0.3 is 15.5 Å². The topological polar surface area (TPSA) is 53.1 Å². The van der Waals surface area contributed by atoms with Gasteiger partial charge in [-0.05, 0) is 48.5 Å². The van der Waals surface area contributed by atoms with Crippen LogP contribution in [0.1, 0.15) is 33.6 Å². The minimum absolute atomic E-state index is 0.545. The molecule has 0 aromatic carbocycles. The third-order valence-corrected chi connectivity index (χ3v) is 7.93. The molecule has 1 spiro atoms. The molecule has 5 rings (SSSR count). The van der Waals surface area contributed by atoms with E-state index in [9.17, 15) is 0 Å². The van der Waals surface area contributed by atoms with Crippen LogP contribution in [-0.2, 0) is 0 Å². The van der Waals surface area contributed by atoms with E-state index < -0.39 is 0 Å². The smallest absolute Gasteiger partial charge is 0.150 e. The Morgan fingerprint density at radius 1 is 1.29 bits per heavy atom. The van der Waals surface area contributed by atoms with Crippen LogP contribution >= 0.6 is 0 Å². The van der Waals surface area contributed by atoms with Crippen LogP contribution in [0.15, 0.2) is 12.3 Å². The van der Waals surface area contributed by atoms with Crippen molar-refractivity contribution in [2.75, 3.05) is 30.4 Å². The molecule has 3 saturated carbocycles. The van der Waals surface area contributed by atoms with Crippen LogP contribution < -0.4 is 15.5 Å². The van der Waals surface area contributed by atoms with Gasteiger partial charge in [-0.25, -0.2) is 0 Å². The Balaban J connectivity index is 1.29. The minimum Gasteiger partial charge on any atom is -0.367 e. The van der Waals surface area contributed by atoms with Crippen LogP contribution in [0.25, 0.3) is 0 Å². The van der Waals surface area contributed by atoms with E-state index in [0.717, 1.165) is 36.7 Å². The zero-order valence-corrected chi connectivity index (χ0v) is 15.2. The van der Waals surface area contributed by atoms with Crippen molar-refractivity contribution in [3.63, 3.8) is 0 Å². The molecule has 130 valence electrons. The van der Waals surface area contributed by atoms with Gasteiger partial charge in [0.15, 0.2) is 5.82 Å². The first-order valence-electron chi connectivity index (χ1n) is 9.49. The van der Waals surface area contributed by atoms with E-state index >= 15 is 0 Å². The number of anilines is 2. The highest BCUT2D eigenvalue weighted by atomic mass is 15.3. The van der Waals surface area contributed by atoms with Gasteiger partial charge in [0.2, 0.25) is 0 Å². The third kappa shape index (κ3) is 1.79. The average Bonchev–Trinajstić information content (AvgIpc) is 3.33. The fourth-order valence-corrected chi connectivity index (χ4v) is 6.47. The summed E-state index contributed by atoms with van der Waals surface area (Å²) in [6, 6.07) is 3.33. The predicted molar refractivity (Wildman–Crippen MR) is 96.1 cm³/mol. The first-order chi connectivity index (χ1) is 11.5. The molecule has 2 heterocycles. The Morgan fingerprint density at radius 2 is 2.08 bits per heavy atom. The van der Waals surface area contributed by atoms with Crippen LogP contribution in [0.5, 0.6) is 0 Å². The summed E-state index contributed by atoms with van der Waals surface area (Å²) in [6.07, 6.45) is 4.65. The van der Waals surface area contributed by atoms with Crippen LogP contribution in [0, 0.1) is 28.6 Å². The van der Waals surface area contributed by atoms with Gasteiger partial charge in [-0.1, -0.05) is 20.8 Å². The first-order valence-corrected chi connectivity index (χ1v) is 9.49. The van der Waals surface area contributed by atoms with Gasteiger partial charge in [-0.2, -0.15) is 5.10 Å². The monoisotopic (exact) mass is 327 g/mol. The maximum Gasteiger partial charge on any atom is 0.150 e. The molecule has 1 aromatic rings. The Hall–Kier alpha value is -1.36. The highest BCUT2D eigenvalue weighted by molar-refractivity contribution is 5.54. The van der Waals surface area contributed by atoms with Gasteiger partial charge >= 0.3 is 0 Å². The summed E-state index contributed by atoms with van der Waals surface area (Å²) < 4.78 is 0. The molecule has 4 fully saturated rings. The second kappa shape index (κ2) is 4.63. The molecular formula is C19H29N5. The lowest BCUT2D eigenvalue weighted by atomic mass is 9.85. The molecule has 3 aliphatic carbocycles. The molecule has 24 heavy (non-hydrogen) atoms. The van der Waals surface area contributed by atoms with Gasteiger partial charge in [0, 0.05) is 31.2 Å². The summed E-state index contributed by atoms with van der Waals surface area (Å²) in [4.78, 5) is 2.36. The molecule has 0 bridgehead atoms. The van der Waals surface area contributed by atoms with Crippen molar-refractivity contribution in [1.29, 1.82) is 0 Å². The Kier molecular flexibility index (Phi) is 2.88. The third-order valence-electron chi connectivity index (χ3n) is 7.93. The van der Waals surface area contributed by atoms with E-state index in [2.05, 4.69) is 52.6 Å². The highest BCUT2D eigenvalue weighted by Gasteiger charge is 2.85. The van der Waals surface area contributed by atoms with Gasteiger partial charge in [-0.3, -0.25) is 0 Å². The highest BCUT2D eigenvalue weighted by Crippen LogP contribution is 2.89. The van der Waals surface area contributed by atoms with Crippen molar-refractivity contribution >= 4 is 11.5 Å². The predicted octanol–water partition coefficient (Wildman–Crippen LogP) is 2.37. The molecule has 5 atom stereocenters. The van der Waals surface area contributed by atoms with Gasteiger partial charge in [0.05, 0.1) is 11.9 Å². The molecule has 2 N–H and O–H groups in total. The van der Waals surface area contributed by atoms with Gasteiger partial charge in [0.25, 0.3) is 0 Å². The molecule has 0 radical (unpaired) electrons. The van der Waals surface area contributed by atoms with Crippen LogP contribution in [0.4, 0.5) is 11.5 Å². The normalized spacial score (nSPS) is 41.9. The van der Waals surface area contributed by atoms with E-state index in [0.29, 0.717) is 22.9 Å². The number of rotatable bonds is 4. The lowest BCUT2D eigenvalue weighted by molar-refractivity contribution is 0.316. The lowest BCUT2D eigenvalue weighted by Gasteiger charge is -2.40. The molecule has 0 amide bonds. The van der Waals surface area contributed by atoms with Crippen LogP contribution in [-0.4, -0.2) is 42.4 Å². The van der Waals surface area contributed by atoms with E-state index in [4.69, 9.17) is 0 Å². The molecule has 1 saturated heterocycles. The Bertz CT molecular complexity index is 667. The summed E-state index contributed by atoms with van der Waals surface area (Å²) >= 11 is 0. The second-order valence-electron chi connectivity index (χ2n) is 9.18. The quantitative estimate of drug-likeness (QED) is 0.889. The molecule has 4 aliphatic rings. The van der Waals surface area contributed by atoms with E-state index in [1.165, 1.54) is 18.5 Å². The summed E-state index contributed by atoms with van der Waals surface area (Å²) in [6.45, 7) is 9.53. The fourth-order valence-electron chi connectivity index (χ4n) is 6.47. The minimum atomic E-state index is 0.545. The van der Waals surface area contributed by atoms with E-state index in [1.807, 2.05) is 13.2 Å². The van der Waals surface area contributed by atoms with Gasteiger partial charge in [0.1, 0.15) is 0 Å². The van der Waals surface area contributed by atoms with Crippen LogP contribution in [0.2, 0.25) is 0 Å². The summed E-state index contributed by atoms with van der Waals surface area (Å²) in [5.41, 5.74) is 2.45. The number of nitrogens with one attached hydrogen (secondary N) is 2. The Labute approximate surface area is 144 Å². The van der Waals surface area contributed by atoms with Crippen molar-refractivity contribution in [1.82, 2.24) is 15.5 Å². The van der Waals surface area contributed by atoms with E-state index in [-0.39, 0.29) is 0 Å². The second-order valence-corrected chi connectivity index (χ2v) is 9.18. The standard InChI is InChI=1S/C19H29N5/c1-11-15(5-12-7-19(12)17(11)18(19,2)3)22-16-6-14(8-21-23-16)24-9-13(10-24)20-4/h6,8,11-13,15,17,20H,5,7,9-10H2,1-4H3,(H,22,23)/t11?,12-,15?,17-,19?/m0/s1. The summed E-state index contributed by atoms with van der Waals surface area (Å²) in [7, 11) is 2.03. The van der Waals surface area contributed by atoms with Crippen molar-refractivity contribution in [3.8, 4) is 0 Å². The zero-order valence-electron chi connectivity index (χ0n) is 15.2. The van der Waals surface area contributed by atoms with Crippen molar-refractivity contribution < 1.29 is 0 Å². The molecule has 1 aliphatic heterocycles. The largest absolute Gasteiger partial charge is 0.367 e. The number of aromatic nitrogens is 2. The first kappa shape index (κ1) is 14.9. The van der Waals surface area contributed by atoms with Crippen molar-refractivity contribution in [2.45, 2.75) is 45.7 Å². The maximum atomic E-state index is 4.36. The summed E-state index contributed by atoms with van der Waals surface area (Å²) in [5, 5.41) is 15.6. The van der Waals surface area contributed by atoms with E-state index in [1.54, 1.807) is 0 Å². The molecule has 5 heteroatoms. The zero-order chi connectivity index (χ0) is 16.7. The number of hydrogen-bond donors (Lipinski definition) is 2. The average molecular weight is 327 g/mol. The number of hydrogen-bond acceptors (Lipinski definition) is 5. The lowest BCUT2D eigenvalue weighted by Crippen LogP contribution is -2.57. The summed E-state index contributed by atoms with van der Waals surface area (Å²) in [5.74, 6) is 3.50. The molecule has 5 nitrogen and oxygen atoms in total.